The highest BCUT2D eigenvalue weighted by molar-refractivity contribution is 7.69. The SMILES string of the molecule is CCP(=O)(O)OP(=O)(O)OP(C)(=O)O. The fraction of sp³-hybridized carbons (Fsp3) is 1.00. The van der Waals surface area contributed by atoms with Gasteiger partial charge in [-0.25, -0.2) is 13.2 Å². The summed E-state index contributed by atoms with van der Waals surface area (Å²) in [7, 11) is -13.5. The summed E-state index contributed by atoms with van der Waals surface area (Å²) in [5, 5.41) is 0. The van der Waals surface area contributed by atoms with Crippen molar-refractivity contribution < 1.29 is 37.0 Å². The van der Waals surface area contributed by atoms with Gasteiger partial charge in [0.2, 0.25) is 0 Å². The van der Waals surface area contributed by atoms with Gasteiger partial charge in [-0.15, -0.1) is 0 Å². The first-order valence-corrected chi connectivity index (χ1v) is 8.63. The zero-order valence-corrected chi connectivity index (χ0v) is 10.1. The van der Waals surface area contributed by atoms with Gasteiger partial charge in [-0.3, -0.25) is 9.13 Å². The molecule has 0 aliphatic carbocycles. The third kappa shape index (κ3) is 6.87. The smallest absolute Gasteiger partial charge is 0.324 e. The van der Waals surface area contributed by atoms with Crippen molar-refractivity contribution in [1.29, 1.82) is 0 Å². The van der Waals surface area contributed by atoms with Crippen LogP contribution < -0.4 is 0 Å². The fourth-order valence-electron chi connectivity index (χ4n) is 0.425. The summed E-state index contributed by atoms with van der Waals surface area (Å²) in [6.07, 6.45) is -0.416. The molecule has 0 aliphatic heterocycles. The van der Waals surface area contributed by atoms with Crippen molar-refractivity contribution in [2.75, 3.05) is 12.8 Å². The zero-order chi connectivity index (χ0) is 11.6. The summed E-state index contributed by atoms with van der Waals surface area (Å²) in [6, 6.07) is 0. The van der Waals surface area contributed by atoms with E-state index in [1.54, 1.807) is 0 Å². The molecule has 0 aromatic carbocycles. The van der Waals surface area contributed by atoms with Crippen LogP contribution in [0, 0.1) is 0 Å². The van der Waals surface area contributed by atoms with E-state index in [4.69, 9.17) is 14.7 Å². The Morgan fingerprint density at radius 1 is 1.07 bits per heavy atom. The number of hydrogen-bond donors (Lipinski definition) is 3. The first-order chi connectivity index (χ1) is 5.97. The molecule has 8 nitrogen and oxygen atoms in total. The van der Waals surface area contributed by atoms with Gasteiger partial charge in [0, 0.05) is 12.8 Å². The maximum absolute atomic E-state index is 10.9. The van der Waals surface area contributed by atoms with Crippen LogP contribution in [0.4, 0.5) is 0 Å². The van der Waals surface area contributed by atoms with E-state index in [2.05, 4.69) is 8.62 Å². The standard InChI is InChI=1S/C3H11O8P3/c1-3-13(6,7)11-14(8,9)10-12(2,4)5/h3H2,1-2H3,(H,4,5)(H,6,7)(H,8,9). The Kier molecular flexibility index (Phi) is 4.72. The summed E-state index contributed by atoms with van der Waals surface area (Å²) < 4.78 is 39.8. The van der Waals surface area contributed by atoms with Gasteiger partial charge in [-0.1, -0.05) is 6.92 Å². The molecule has 0 saturated carbocycles. The fourth-order valence-corrected chi connectivity index (χ4v) is 4.10. The molecule has 86 valence electrons. The van der Waals surface area contributed by atoms with Gasteiger partial charge < -0.3 is 14.7 Å². The summed E-state index contributed by atoms with van der Waals surface area (Å²) >= 11 is 0. The molecule has 0 heterocycles. The number of rotatable bonds is 5. The maximum Gasteiger partial charge on any atom is 0.486 e. The van der Waals surface area contributed by atoms with Crippen molar-refractivity contribution in [3.05, 3.63) is 0 Å². The minimum atomic E-state index is -4.98. The number of phosphoric acid groups is 1. The lowest BCUT2D eigenvalue weighted by Crippen LogP contribution is -1.93. The van der Waals surface area contributed by atoms with Crippen molar-refractivity contribution in [3.8, 4) is 0 Å². The predicted molar refractivity (Wildman–Crippen MR) is 48.1 cm³/mol. The Morgan fingerprint density at radius 3 is 1.79 bits per heavy atom. The second-order valence-electron chi connectivity index (χ2n) is 2.39. The van der Waals surface area contributed by atoms with Gasteiger partial charge >= 0.3 is 23.0 Å². The predicted octanol–water partition coefficient (Wildman–Crippen LogP) is 1.14. The molecule has 14 heavy (non-hydrogen) atoms. The monoisotopic (exact) mass is 268 g/mol. The Bertz CT molecular complexity index is 329. The van der Waals surface area contributed by atoms with E-state index in [0.717, 1.165) is 0 Å². The summed E-state index contributed by atoms with van der Waals surface area (Å²) in [5.41, 5.74) is 0. The van der Waals surface area contributed by atoms with E-state index in [9.17, 15) is 13.7 Å². The summed E-state index contributed by atoms with van der Waals surface area (Å²) in [4.78, 5) is 26.1. The van der Waals surface area contributed by atoms with Crippen molar-refractivity contribution in [3.63, 3.8) is 0 Å². The van der Waals surface area contributed by atoms with Crippen LogP contribution in [0.15, 0.2) is 0 Å². The highest BCUT2D eigenvalue weighted by Gasteiger charge is 2.36. The van der Waals surface area contributed by atoms with Crippen LogP contribution in [0.1, 0.15) is 6.92 Å². The van der Waals surface area contributed by atoms with Gasteiger partial charge in [-0.2, -0.15) is 0 Å². The quantitative estimate of drug-likeness (QED) is 0.632. The van der Waals surface area contributed by atoms with E-state index in [1.165, 1.54) is 6.92 Å². The van der Waals surface area contributed by atoms with Gasteiger partial charge in [-0.05, 0) is 0 Å². The third-order valence-electron chi connectivity index (χ3n) is 0.885. The van der Waals surface area contributed by atoms with Crippen LogP contribution >= 0.6 is 23.0 Å². The second kappa shape index (κ2) is 4.56. The van der Waals surface area contributed by atoms with Gasteiger partial charge in [0.25, 0.3) is 0 Å². The van der Waals surface area contributed by atoms with Crippen molar-refractivity contribution in [1.82, 2.24) is 0 Å². The van der Waals surface area contributed by atoms with E-state index in [-0.39, 0.29) is 0 Å². The molecule has 0 amide bonds. The first kappa shape index (κ1) is 14.5. The highest BCUT2D eigenvalue weighted by Crippen LogP contribution is 2.65. The lowest BCUT2D eigenvalue weighted by molar-refractivity contribution is 0.257. The third-order valence-corrected chi connectivity index (χ3v) is 5.57. The molecule has 0 rings (SSSR count). The minimum absolute atomic E-state index is 0.416. The molecular formula is C3H11O8P3. The molecule has 0 bridgehead atoms. The number of hydrogen-bond acceptors (Lipinski definition) is 5. The van der Waals surface area contributed by atoms with Crippen LogP contribution in [0.2, 0.25) is 0 Å². The molecule has 0 aromatic rings. The van der Waals surface area contributed by atoms with Crippen LogP contribution in [-0.2, 0) is 22.3 Å². The molecule has 0 aromatic heterocycles. The van der Waals surface area contributed by atoms with Crippen molar-refractivity contribution in [2.24, 2.45) is 0 Å². The summed E-state index contributed by atoms with van der Waals surface area (Å²) in [5.74, 6) is 0. The normalized spacial score (nSPS) is 24.6. The molecule has 3 N–H and O–H groups in total. The minimum Gasteiger partial charge on any atom is -0.324 e. The van der Waals surface area contributed by atoms with Crippen LogP contribution in [0.25, 0.3) is 0 Å². The van der Waals surface area contributed by atoms with Gasteiger partial charge in [0.05, 0.1) is 0 Å². The first-order valence-electron chi connectivity index (χ1n) is 3.35. The van der Waals surface area contributed by atoms with E-state index >= 15 is 0 Å². The average Bonchev–Trinajstić information content (AvgIpc) is 1.78. The summed E-state index contributed by atoms with van der Waals surface area (Å²) in [6.45, 7) is 1.89. The Balaban J connectivity index is 4.60. The van der Waals surface area contributed by atoms with Crippen LogP contribution in [-0.4, -0.2) is 27.5 Å². The molecule has 0 fully saturated rings. The molecule has 3 atom stereocenters. The Morgan fingerprint density at radius 2 is 1.50 bits per heavy atom. The molecule has 0 radical (unpaired) electrons. The molecular weight excluding hydrogens is 257 g/mol. The van der Waals surface area contributed by atoms with Crippen molar-refractivity contribution >= 4 is 23.0 Å². The lowest BCUT2D eigenvalue weighted by atomic mass is 11.0. The molecule has 0 saturated heterocycles. The van der Waals surface area contributed by atoms with Gasteiger partial charge in [0.15, 0.2) is 0 Å². The van der Waals surface area contributed by atoms with Gasteiger partial charge in [0.1, 0.15) is 0 Å². The second-order valence-corrected chi connectivity index (χ2v) is 8.15. The van der Waals surface area contributed by atoms with Crippen LogP contribution in [0.3, 0.4) is 0 Å². The molecule has 0 spiro atoms. The van der Waals surface area contributed by atoms with E-state index in [0.29, 0.717) is 6.66 Å². The van der Waals surface area contributed by atoms with E-state index in [1.807, 2.05) is 0 Å². The highest BCUT2D eigenvalue weighted by atomic mass is 31.3. The molecule has 0 aliphatic rings. The average molecular weight is 268 g/mol. The topological polar surface area (TPSA) is 130 Å². The van der Waals surface area contributed by atoms with Crippen molar-refractivity contribution in [2.45, 2.75) is 6.92 Å². The van der Waals surface area contributed by atoms with Crippen LogP contribution in [0.5, 0.6) is 0 Å². The Labute approximate surface area is 80.6 Å². The molecule has 11 heteroatoms. The largest absolute Gasteiger partial charge is 0.486 e. The molecule has 3 unspecified atom stereocenters. The zero-order valence-electron chi connectivity index (χ0n) is 7.43. The lowest BCUT2D eigenvalue weighted by Gasteiger charge is -2.15. The van der Waals surface area contributed by atoms with E-state index < -0.39 is 29.2 Å². The maximum atomic E-state index is 10.9. The Hall–Kier alpha value is 0.490.